The second-order valence-electron chi connectivity index (χ2n) is 6.93. The Labute approximate surface area is 122 Å². The SMILES string of the molecule is Cc1cc(C)cc(-c2cccc(CC(C)(C)C)c2O)c1. The molecule has 0 fully saturated rings. The van der Waals surface area contributed by atoms with Gasteiger partial charge in [-0.25, -0.2) is 0 Å². The molecular formula is C19H24O. The van der Waals surface area contributed by atoms with E-state index in [4.69, 9.17) is 0 Å². The maximum Gasteiger partial charge on any atom is 0.126 e. The van der Waals surface area contributed by atoms with Crippen LogP contribution in [0.1, 0.15) is 37.5 Å². The summed E-state index contributed by atoms with van der Waals surface area (Å²) in [7, 11) is 0. The molecule has 0 saturated carbocycles. The summed E-state index contributed by atoms with van der Waals surface area (Å²) >= 11 is 0. The predicted molar refractivity (Wildman–Crippen MR) is 86.2 cm³/mol. The maximum absolute atomic E-state index is 10.6. The molecule has 0 aromatic heterocycles. The summed E-state index contributed by atoms with van der Waals surface area (Å²) in [5.74, 6) is 0.424. The summed E-state index contributed by atoms with van der Waals surface area (Å²) in [5.41, 5.74) is 5.66. The molecule has 2 aromatic rings. The lowest BCUT2D eigenvalue weighted by molar-refractivity contribution is 0.395. The monoisotopic (exact) mass is 268 g/mol. The molecule has 0 atom stereocenters. The van der Waals surface area contributed by atoms with Crippen molar-refractivity contribution in [3.8, 4) is 16.9 Å². The van der Waals surface area contributed by atoms with Crippen LogP contribution < -0.4 is 0 Å². The highest BCUT2D eigenvalue weighted by Gasteiger charge is 2.16. The second-order valence-corrected chi connectivity index (χ2v) is 6.93. The Morgan fingerprint density at radius 3 is 2.10 bits per heavy atom. The fourth-order valence-electron chi connectivity index (χ4n) is 2.67. The molecule has 1 N–H and O–H groups in total. The summed E-state index contributed by atoms with van der Waals surface area (Å²) in [4.78, 5) is 0. The first kappa shape index (κ1) is 14.6. The van der Waals surface area contributed by atoms with E-state index in [9.17, 15) is 5.11 Å². The van der Waals surface area contributed by atoms with E-state index in [0.29, 0.717) is 5.75 Å². The Morgan fingerprint density at radius 1 is 0.950 bits per heavy atom. The van der Waals surface area contributed by atoms with Crippen molar-refractivity contribution in [1.82, 2.24) is 0 Å². The number of aryl methyl sites for hydroxylation is 2. The van der Waals surface area contributed by atoms with Gasteiger partial charge in [-0.1, -0.05) is 68.3 Å². The molecule has 1 heteroatoms. The Morgan fingerprint density at radius 2 is 1.55 bits per heavy atom. The lowest BCUT2D eigenvalue weighted by atomic mass is 9.86. The van der Waals surface area contributed by atoms with Gasteiger partial charge in [-0.15, -0.1) is 0 Å². The Bertz CT molecular complexity index is 598. The normalized spacial score (nSPS) is 11.7. The topological polar surface area (TPSA) is 20.2 Å². The van der Waals surface area contributed by atoms with Gasteiger partial charge in [0.05, 0.1) is 0 Å². The van der Waals surface area contributed by atoms with Gasteiger partial charge in [0.15, 0.2) is 0 Å². The van der Waals surface area contributed by atoms with E-state index in [1.165, 1.54) is 11.1 Å². The van der Waals surface area contributed by atoms with Gasteiger partial charge in [-0.05, 0) is 36.8 Å². The number of benzene rings is 2. The molecule has 0 unspecified atom stereocenters. The number of hydrogen-bond acceptors (Lipinski definition) is 1. The van der Waals surface area contributed by atoms with Crippen molar-refractivity contribution >= 4 is 0 Å². The van der Waals surface area contributed by atoms with Crippen molar-refractivity contribution < 1.29 is 5.11 Å². The summed E-state index contributed by atoms with van der Waals surface area (Å²) < 4.78 is 0. The van der Waals surface area contributed by atoms with Crippen LogP contribution in [0.5, 0.6) is 5.75 Å². The minimum atomic E-state index is 0.165. The zero-order valence-corrected chi connectivity index (χ0v) is 13.1. The standard InChI is InChI=1S/C19H24O/c1-13-9-14(2)11-16(10-13)17-8-6-7-15(18(17)20)12-19(3,4)5/h6-11,20H,12H2,1-5H3. The van der Waals surface area contributed by atoms with Crippen LogP contribution in [-0.4, -0.2) is 5.11 Å². The zero-order chi connectivity index (χ0) is 14.9. The van der Waals surface area contributed by atoms with Crippen molar-refractivity contribution in [1.29, 1.82) is 0 Å². The third kappa shape index (κ3) is 3.41. The van der Waals surface area contributed by atoms with Crippen molar-refractivity contribution in [3.63, 3.8) is 0 Å². The van der Waals surface area contributed by atoms with E-state index in [1.54, 1.807) is 0 Å². The van der Waals surface area contributed by atoms with Crippen molar-refractivity contribution in [2.75, 3.05) is 0 Å². The Balaban J connectivity index is 2.50. The van der Waals surface area contributed by atoms with E-state index < -0.39 is 0 Å². The molecule has 0 aliphatic carbocycles. The highest BCUT2D eigenvalue weighted by molar-refractivity contribution is 5.72. The van der Waals surface area contributed by atoms with Gasteiger partial charge in [0.1, 0.15) is 5.75 Å². The van der Waals surface area contributed by atoms with E-state index >= 15 is 0 Å². The van der Waals surface area contributed by atoms with Crippen LogP contribution >= 0.6 is 0 Å². The average Bonchev–Trinajstić information content (AvgIpc) is 2.28. The molecule has 2 aromatic carbocycles. The van der Waals surface area contributed by atoms with E-state index in [1.807, 2.05) is 18.2 Å². The fourth-order valence-corrected chi connectivity index (χ4v) is 2.67. The third-order valence-corrected chi connectivity index (χ3v) is 3.37. The summed E-state index contributed by atoms with van der Waals surface area (Å²) in [6, 6.07) is 12.5. The smallest absolute Gasteiger partial charge is 0.126 e. The molecule has 0 radical (unpaired) electrons. The van der Waals surface area contributed by atoms with Gasteiger partial charge in [0.2, 0.25) is 0 Å². The van der Waals surface area contributed by atoms with Gasteiger partial charge >= 0.3 is 0 Å². The molecule has 1 nitrogen and oxygen atoms in total. The van der Waals surface area contributed by atoms with Crippen molar-refractivity contribution in [3.05, 3.63) is 53.1 Å². The molecule has 0 saturated heterocycles. The Hall–Kier alpha value is -1.76. The fraction of sp³-hybridized carbons (Fsp3) is 0.368. The number of hydrogen-bond donors (Lipinski definition) is 1. The molecule has 106 valence electrons. The van der Waals surface area contributed by atoms with Crippen molar-refractivity contribution in [2.45, 2.75) is 41.0 Å². The van der Waals surface area contributed by atoms with Gasteiger partial charge in [-0.3, -0.25) is 0 Å². The van der Waals surface area contributed by atoms with Crippen LogP contribution in [0.3, 0.4) is 0 Å². The Kier molecular flexibility index (Phi) is 3.89. The zero-order valence-electron chi connectivity index (χ0n) is 13.1. The number of aromatic hydroxyl groups is 1. The van der Waals surface area contributed by atoms with Gasteiger partial charge in [0, 0.05) is 5.56 Å². The molecular weight excluding hydrogens is 244 g/mol. The number of rotatable bonds is 2. The average molecular weight is 268 g/mol. The van der Waals surface area contributed by atoms with E-state index in [2.05, 4.69) is 52.8 Å². The van der Waals surface area contributed by atoms with Gasteiger partial charge < -0.3 is 5.11 Å². The minimum absolute atomic E-state index is 0.165. The highest BCUT2D eigenvalue weighted by Crippen LogP contribution is 2.36. The van der Waals surface area contributed by atoms with Gasteiger partial charge in [0.25, 0.3) is 0 Å². The molecule has 0 aliphatic heterocycles. The quantitative estimate of drug-likeness (QED) is 0.787. The first-order valence-electron chi connectivity index (χ1n) is 7.16. The number of para-hydroxylation sites is 1. The lowest BCUT2D eigenvalue weighted by Crippen LogP contribution is -2.09. The third-order valence-electron chi connectivity index (χ3n) is 3.37. The maximum atomic E-state index is 10.6. The van der Waals surface area contributed by atoms with Crippen LogP contribution in [0.15, 0.2) is 36.4 Å². The molecule has 0 aliphatic rings. The number of phenols is 1. The summed E-state index contributed by atoms with van der Waals surface area (Å²) in [6.45, 7) is 10.8. The predicted octanol–water partition coefficient (Wildman–Crippen LogP) is 5.26. The second kappa shape index (κ2) is 5.32. The van der Waals surface area contributed by atoms with E-state index in [0.717, 1.165) is 23.1 Å². The lowest BCUT2D eigenvalue weighted by Gasteiger charge is -2.20. The van der Waals surface area contributed by atoms with Crippen LogP contribution in [0.25, 0.3) is 11.1 Å². The summed E-state index contributed by atoms with van der Waals surface area (Å²) in [5, 5.41) is 10.6. The highest BCUT2D eigenvalue weighted by atomic mass is 16.3. The van der Waals surface area contributed by atoms with Crippen molar-refractivity contribution in [2.24, 2.45) is 5.41 Å². The first-order chi connectivity index (χ1) is 9.26. The molecule has 2 rings (SSSR count). The number of phenolic OH excluding ortho intramolecular Hbond substituents is 1. The van der Waals surface area contributed by atoms with Crippen LogP contribution in [0.2, 0.25) is 0 Å². The molecule has 0 heterocycles. The molecule has 20 heavy (non-hydrogen) atoms. The molecule has 0 spiro atoms. The largest absolute Gasteiger partial charge is 0.507 e. The first-order valence-corrected chi connectivity index (χ1v) is 7.16. The van der Waals surface area contributed by atoms with Crippen LogP contribution in [0.4, 0.5) is 0 Å². The van der Waals surface area contributed by atoms with E-state index in [-0.39, 0.29) is 5.41 Å². The van der Waals surface area contributed by atoms with Gasteiger partial charge in [-0.2, -0.15) is 0 Å². The minimum Gasteiger partial charge on any atom is -0.507 e. The summed E-state index contributed by atoms with van der Waals surface area (Å²) in [6.07, 6.45) is 0.872. The molecule has 0 bridgehead atoms. The molecule has 0 amide bonds. The van der Waals surface area contributed by atoms with Crippen LogP contribution in [0, 0.1) is 19.3 Å². The van der Waals surface area contributed by atoms with Crippen LogP contribution in [-0.2, 0) is 6.42 Å².